The van der Waals surface area contributed by atoms with E-state index in [9.17, 15) is 9.59 Å². The van der Waals surface area contributed by atoms with E-state index in [-0.39, 0.29) is 24.0 Å². The van der Waals surface area contributed by atoms with E-state index in [1.54, 1.807) is 20.4 Å². The molecule has 2 fully saturated rings. The predicted molar refractivity (Wildman–Crippen MR) is 182 cm³/mol. The number of ether oxygens (including phenoxy) is 2. The fourth-order valence-corrected chi connectivity index (χ4v) is 6.56. The van der Waals surface area contributed by atoms with Crippen molar-refractivity contribution >= 4 is 23.4 Å². The number of carbonyl (C=O) groups excluding carboxylic acids is 2. The predicted octanol–water partition coefficient (Wildman–Crippen LogP) is 5.15. The van der Waals surface area contributed by atoms with Crippen molar-refractivity contribution in [2.24, 2.45) is 0 Å². The molecule has 4 heterocycles. The van der Waals surface area contributed by atoms with Gasteiger partial charge in [0, 0.05) is 72.5 Å². The molecule has 2 aromatic heterocycles. The zero-order valence-corrected chi connectivity index (χ0v) is 27.5. The summed E-state index contributed by atoms with van der Waals surface area (Å²) in [6.45, 7) is 3.90. The average molecular weight is 655 g/mol. The third-order valence-corrected chi connectivity index (χ3v) is 9.19. The molecule has 2 atom stereocenters. The van der Waals surface area contributed by atoms with E-state index in [0.717, 1.165) is 63.2 Å². The number of aromatic nitrogens is 2. The Morgan fingerprint density at radius 1 is 0.894 bits per heavy atom. The second-order valence-electron chi connectivity index (χ2n) is 11.9. The van der Waals surface area contributed by atoms with Crippen LogP contribution in [0.5, 0.6) is 11.6 Å². The summed E-state index contributed by atoms with van der Waals surface area (Å²) in [6, 6.07) is 18.1. The second kappa shape index (κ2) is 14.5. The molecule has 0 radical (unpaired) electrons. The number of nitrogens with one attached hydrogen (secondary N) is 4. The molecule has 2 aromatic carbocycles. The topological polar surface area (TPSA) is 126 Å². The summed E-state index contributed by atoms with van der Waals surface area (Å²) in [6.07, 6.45) is 4.47. The molecule has 2 aliphatic rings. The maximum absolute atomic E-state index is 11.6. The van der Waals surface area contributed by atoms with Gasteiger partial charge in [-0.05, 0) is 49.1 Å². The first-order valence-electron chi connectivity index (χ1n) is 15.8. The van der Waals surface area contributed by atoms with Crippen LogP contribution in [0.1, 0.15) is 42.4 Å². The summed E-state index contributed by atoms with van der Waals surface area (Å²) in [7, 11) is 3.27. The molecule has 2 aliphatic heterocycles. The normalized spacial score (nSPS) is 17.4. The molecule has 4 N–H and O–H groups in total. The van der Waals surface area contributed by atoms with E-state index in [1.165, 1.54) is 0 Å². The highest BCUT2D eigenvalue weighted by atomic mass is 35.5. The van der Waals surface area contributed by atoms with Crippen LogP contribution in [0.3, 0.4) is 0 Å². The highest BCUT2D eigenvalue weighted by molar-refractivity contribution is 6.36. The van der Waals surface area contributed by atoms with Crippen molar-refractivity contribution in [3.05, 3.63) is 82.5 Å². The maximum Gasteiger partial charge on any atom is 0.221 e. The van der Waals surface area contributed by atoms with Crippen LogP contribution in [-0.2, 0) is 22.7 Å². The molecular formula is C36H39ClN6O4. The minimum Gasteiger partial charge on any atom is -0.496 e. The summed E-state index contributed by atoms with van der Waals surface area (Å²) in [4.78, 5) is 32.6. The Bertz CT molecular complexity index is 1800. The largest absolute Gasteiger partial charge is 0.496 e. The molecule has 2 amide bonds. The number of methoxy groups -OCH3 is 2. The van der Waals surface area contributed by atoms with Crippen molar-refractivity contribution in [1.29, 1.82) is 0 Å². The van der Waals surface area contributed by atoms with Crippen LogP contribution in [0.15, 0.2) is 60.8 Å². The molecule has 2 saturated heterocycles. The smallest absolute Gasteiger partial charge is 0.221 e. The molecule has 0 bridgehead atoms. The SMILES string of the molecule is COc1cc(-c2nccc(-c3cccc(-c4ccc(CN[C@@H]5CCC(=O)N5)c(OC)n4)c3Cl)c2C)ccc1CNC[C@@H]1CCC(=O)N1. The van der Waals surface area contributed by atoms with Gasteiger partial charge >= 0.3 is 0 Å². The van der Waals surface area contributed by atoms with Crippen LogP contribution >= 0.6 is 11.6 Å². The molecule has 6 rings (SSSR count). The van der Waals surface area contributed by atoms with Gasteiger partial charge in [0.1, 0.15) is 5.75 Å². The quantitative estimate of drug-likeness (QED) is 0.165. The van der Waals surface area contributed by atoms with Gasteiger partial charge in [-0.15, -0.1) is 0 Å². The molecule has 244 valence electrons. The molecule has 0 aliphatic carbocycles. The summed E-state index contributed by atoms with van der Waals surface area (Å²) in [5, 5.41) is 13.3. The van der Waals surface area contributed by atoms with Crippen LogP contribution in [0.25, 0.3) is 33.6 Å². The Kier molecular flexibility index (Phi) is 10.0. The Labute approximate surface area is 279 Å². The Morgan fingerprint density at radius 2 is 1.68 bits per heavy atom. The van der Waals surface area contributed by atoms with Crippen LogP contribution in [0.2, 0.25) is 5.02 Å². The third-order valence-electron chi connectivity index (χ3n) is 8.79. The monoisotopic (exact) mass is 654 g/mol. The van der Waals surface area contributed by atoms with Crippen molar-refractivity contribution in [2.75, 3.05) is 20.8 Å². The van der Waals surface area contributed by atoms with E-state index < -0.39 is 0 Å². The van der Waals surface area contributed by atoms with Gasteiger partial charge < -0.3 is 25.4 Å². The van der Waals surface area contributed by atoms with Crippen molar-refractivity contribution in [1.82, 2.24) is 31.2 Å². The van der Waals surface area contributed by atoms with Gasteiger partial charge in [-0.1, -0.05) is 48.0 Å². The van der Waals surface area contributed by atoms with Crippen LogP contribution in [-0.4, -0.2) is 54.8 Å². The van der Waals surface area contributed by atoms with Gasteiger partial charge in [0.25, 0.3) is 0 Å². The van der Waals surface area contributed by atoms with E-state index >= 15 is 0 Å². The lowest BCUT2D eigenvalue weighted by molar-refractivity contribution is -0.120. The first-order valence-corrected chi connectivity index (χ1v) is 16.2. The van der Waals surface area contributed by atoms with Crippen molar-refractivity contribution < 1.29 is 19.1 Å². The number of carbonyl (C=O) groups is 2. The van der Waals surface area contributed by atoms with Gasteiger partial charge in [-0.25, -0.2) is 4.98 Å². The molecule has 0 saturated carbocycles. The molecule has 0 unspecified atom stereocenters. The Morgan fingerprint density at radius 3 is 2.43 bits per heavy atom. The Balaban J connectivity index is 1.22. The molecule has 11 heteroatoms. The highest BCUT2D eigenvalue weighted by Crippen LogP contribution is 2.40. The number of halogens is 1. The van der Waals surface area contributed by atoms with E-state index in [0.29, 0.717) is 49.1 Å². The minimum atomic E-state index is -0.0550. The standard InChI is InChI=1S/C36H39ClN6O4/c1-21-26(15-16-39-35(21)22-7-8-23(30(17-22)46-2)18-38-20-25-10-13-32(44)41-25)27-5-4-6-28(34(27)37)29-11-9-24(36(42-29)47-3)19-40-31-12-14-33(45)43-31/h4-9,11,15-17,25,31,38,40H,10,12-14,18-20H2,1-3H3,(H,41,44)(H,43,45)/t25-,31-/m0/s1. The summed E-state index contributed by atoms with van der Waals surface area (Å²) in [5.41, 5.74) is 8.01. The Hall–Kier alpha value is -4.51. The first kappa shape index (κ1) is 32.4. The lowest BCUT2D eigenvalue weighted by Crippen LogP contribution is -2.38. The lowest BCUT2D eigenvalue weighted by Gasteiger charge is -2.17. The van der Waals surface area contributed by atoms with Gasteiger partial charge in [0.05, 0.1) is 36.8 Å². The first-order chi connectivity index (χ1) is 22.8. The van der Waals surface area contributed by atoms with Gasteiger partial charge in [0.2, 0.25) is 17.7 Å². The number of nitrogens with zero attached hydrogens (tertiary/aromatic N) is 2. The molecule has 4 aromatic rings. The van der Waals surface area contributed by atoms with Crippen molar-refractivity contribution in [2.45, 2.75) is 57.9 Å². The highest BCUT2D eigenvalue weighted by Gasteiger charge is 2.22. The molecule has 47 heavy (non-hydrogen) atoms. The van der Waals surface area contributed by atoms with E-state index in [1.807, 2.05) is 49.4 Å². The maximum atomic E-state index is 11.6. The minimum absolute atomic E-state index is 0.0550. The van der Waals surface area contributed by atoms with Crippen molar-refractivity contribution in [3.63, 3.8) is 0 Å². The zero-order valence-electron chi connectivity index (χ0n) is 26.8. The fraction of sp³-hybridized carbons (Fsp3) is 0.333. The van der Waals surface area contributed by atoms with Crippen LogP contribution in [0, 0.1) is 6.92 Å². The lowest BCUT2D eigenvalue weighted by atomic mass is 9.94. The van der Waals surface area contributed by atoms with Gasteiger partial charge in [-0.3, -0.25) is 19.9 Å². The number of pyridine rings is 2. The van der Waals surface area contributed by atoms with E-state index in [4.69, 9.17) is 31.0 Å². The summed E-state index contributed by atoms with van der Waals surface area (Å²) in [5.74, 6) is 1.44. The van der Waals surface area contributed by atoms with Crippen molar-refractivity contribution in [3.8, 4) is 45.3 Å². The van der Waals surface area contributed by atoms with Crippen LogP contribution in [0.4, 0.5) is 0 Å². The number of amides is 2. The number of benzene rings is 2. The number of hydrogen-bond donors (Lipinski definition) is 4. The average Bonchev–Trinajstić information content (AvgIpc) is 3.71. The summed E-state index contributed by atoms with van der Waals surface area (Å²) < 4.78 is 11.4. The van der Waals surface area contributed by atoms with Crippen LogP contribution < -0.4 is 30.7 Å². The number of hydrogen-bond acceptors (Lipinski definition) is 8. The van der Waals surface area contributed by atoms with Gasteiger partial charge in [-0.2, -0.15) is 0 Å². The summed E-state index contributed by atoms with van der Waals surface area (Å²) >= 11 is 7.11. The molecule has 0 spiro atoms. The molecular weight excluding hydrogens is 616 g/mol. The molecule has 10 nitrogen and oxygen atoms in total. The number of rotatable bonds is 12. The zero-order chi connectivity index (χ0) is 32.9. The van der Waals surface area contributed by atoms with E-state index in [2.05, 4.69) is 33.4 Å². The van der Waals surface area contributed by atoms with Gasteiger partial charge in [0.15, 0.2) is 0 Å². The fourth-order valence-electron chi connectivity index (χ4n) is 6.24. The third kappa shape index (κ3) is 7.25. The second-order valence-corrected chi connectivity index (χ2v) is 12.2.